The predicted octanol–water partition coefficient (Wildman–Crippen LogP) is 0.318. The number of benzene rings is 1. The molecule has 0 saturated heterocycles. The number of carbonyl (C=O) groups is 3. The minimum atomic E-state index is 0. The van der Waals surface area contributed by atoms with Crippen LogP contribution in [0.1, 0.15) is 0 Å². The van der Waals surface area contributed by atoms with Gasteiger partial charge in [-0.2, -0.15) is 0 Å². The zero-order chi connectivity index (χ0) is 13.8. The summed E-state index contributed by atoms with van der Waals surface area (Å²) in [7, 11) is 0. The molecular weight excluding hydrogens is 280 g/mol. The van der Waals surface area contributed by atoms with E-state index in [9.17, 15) is 0 Å². The smallest absolute Gasteiger partial charge is 0.160 e. The number of nitrogens with two attached hydrogens (primary N) is 2. The second kappa shape index (κ2) is 47.1. The second-order valence-corrected chi connectivity index (χ2v) is 2.03. The number of hydrogen-bond donors (Lipinski definition) is 2. The van der Waals surface area contributed by atoms with Crippen LogP contribution < -0.4 is 11.5 Å². The summed E-state index contributed by atoms with van der Waals surface area (Å²) < 4.78 is 0. The van der Waals surface area contributed by atoms with Crippen LogP contribution in [-0.2, 0) is 31.7 Å². The Kier molecular flexibility index (Phi) is 81.8. The van der Waals surface area contributed by atoms with Gasteiger partial charge in [0, 0.05) is 17.4 Å². The van der Waals surface area contributed by atoms with Crippen LogP contribution in [0.15, 0.2) is 36.4 Å². The molecular formula is C10H16CrN2O3S. The van der Waals surface area contributed by atoms with Gasteiger partial charge in [0.1, 0.15) is 20.4 Å². The molecule has 0 fully saturated rings. The van der Waals surface area contributed by atoms with Crippen molar-refractivity contribution >= 4 is 37.7 Å². The van der Waals surface area contributed by atoms with E-state index >= 15 is 0 Å². The molecule has 5 nitrogen and oxygen atoms in total. The first-order valence-electron chi connectivity index (χ1n) is 3.65. The average molecular weight is 296 g/mol. The van der Waals surface area contributed by atoms with Crippen LogP contribution in [0.5, 0.6) is 0 Å². The minimum absolute atomic E-state index is 0. The van der Waals surface area contributed by atoms with E-state index in [1.54, 1.807) is 0 Å². The molecule has 1 rings (SSSR count). The van der Waals surface area contributed by atoms with Crippen molar-refractivity contribution in [3.63, 3.8) is 0 Å². The van der Waals surface area contributed by atoms with Crippen LogP contribution in [0.4, 0.5) is 0 Å². The van der Waals surface area contributed by atoms with Gasteiger partial charge >= 0.3 is 0 Å². The molecule has 17 heavy (non-hydrogen) atoms. The van der Waals surface area contributed by atoms with Crippen molar-refractivity contribution in [2.45, 2.75) is 0 Å². The first-order valence-corrected chi connectivity index (χ1v) is 4.06. The molecule has 1 aromatic carbocycles. The van der Waals surface area contributed by atoms with E-state index in [2.05, 4.69) is 23.7 Å². The molecule has 0 aliphatic rings. The van der Waals surface area contributed by atoms with Crippen LogP contribution in [0.2, 0.25) is 0 Å². The summed E-state index contributed by atoms with van der Waals surface area (Å²) in [5.41, 5.74) is 9.24. The Hall–Kier alpha value is -1.55. The van der Waals surface area contributed by atoms with Crippen LogP contribution in [0.25, 0.3) is 0 Å². The Morgan fingerprint density at radius 1 is 0.706 bits per heavy atom. The first-order chi connectivity index (χ1) is 7.73. The number of rotatable bonds is 0. The topological polar surface area (TPSA) is 103 Å². The van der Waals surface area contributed by atoms with E-state index in [4.69, 9.17) is 14.4 Å². The fourth-order valence-electron chi connectivity index (χ4n) is 0.385. The van der Waals surface area contributed by atoms with Crippen molar-refractivity contribution < 1.29 is 31.7 Å². The number of carbonyl (C=O) groups excluding carboxylic acids is 3. The van der Waals surface area contributed by atoms with Crippen molar-refractivity contribution in [2.75, 3.05) is 0 Å². The molecule has 1 aromatic rings. The van der Waals surface area contributed by atoms with Gasteiger partial charge in [-0.3, -0.25) is 0 Å². The Morgan fingerprint density at radius 2 is 0.765 bits per heavy atom. The number of hydrogen-bond acceptors (Lipinski definition) is 4. The van der Waals surface area contributed by atoms with Gasteiger partial charge in [-0.1, -0.05) is 36.4 Å². The van der Waals surface area contributed by atoms with E-state index in [0.717, 1.165) is 0 Å². The van der Waals surface area contributed by atoms with Gasteiger partial charge in [-0.15, -0.1) is 0 Å². The standard InChI is InChI=1S/C6H6.CH4N2S.3CH2O.Cr/c1-2-4-6-5-3-1;2-1(3)4;3*1-2;/h1-6H;(H4,2,3,4);3*1H2;. The number of thiocarbonyl (C=S) groups is 1. The third-order valence-corrected chi connectivity index (χ3v) is 0.667. The maximum atomic E-state index is 8.00. The van der Waals surface area contributed by atoms with E-state index in [1.165, 1.54) is 0 Å². The summed E-state index contributed by atoms with van der Waals surface area (Å²) >= 11 is 4.09. The van der Waals surface area contributed by atoms with Crippen molar-refractivity contribution in [1.29, 1.82) is 0 Å². The molecule has 0 atom stereocenters. The summed E-state index contributed by atoms with van der Waals surface area (Å²) in [5.74, 6) is 0. The molecule has 0 radical (unpaired) electrons. The third kappa shape index (κ3) is 113. The Bertz CT molecular complexity index is 193. The molecule has 7 heteroatoms. The minimum Gasteiger partial charge on any atom is -0.377 e. The largest absolute Gasteiger partial charge is 0.377 e. The van der Waals surface area contributed by atoms with Crippen LogP contribution in [-0.4, -0.2) is 25.5 Å². The molecule has 0 spiro atoms. The van der Waals surface area contributed by atoms with Crippen LogP contribution >= 0.6 is 12.2 Å². The molecule has 4 N–H and O–H groups in total. The van der Waals surface area contributed by atoms with Crippen LogP contribution in [0, 0.1) is 0 Å². The van der Waals surface area contributed by atoms with Crippen molar-refractivity contribution in [1.82, 2.24) is 0 Å². The second-order valence-electron chi connectivity index (χ2n) is 1.56. The maximum absolute atomic E-state index is 8.00. The molecule has 0 aliphatic heterocycles. The molecule has 0 unspecified atom stereocenters. The van der Waals surface area contributed by atoms with E-state index in [0.29, 0.717) is 0 Å². The fraction of sp³-hybridized carbons (Fsp3) is 0. The summed E-state index contributed by atoms with van der Waals surface area (Å²) in [6, 6.07) is 12.0. The zero-order valence-electron chi connectivity index (χ0n) is 9.28. The summed E-state index contributed by atoms with van der Waals surface area (Å²) in [5, 5.41) is 0.000000000000000222. The third-order valence-electron chi connectivity index (χ3n) is 0.667. The molecule has 96 valence electrons. The van der Waals surface area contributed by atoms with Gasteiger partial charge in [-0.05, 0) is 12.2 Å². The van der Waals surface area contributed by atoms with E-state index in [-0.39, 0.29) is 22.5 Å². The van der Waals surface area contributed by atoms with Gasteiger partial charge in [0.25, 0.3) is 0 Å². The molecule has 0 heterocycles. The zero-order valence-corrected chi connectivity index (χ0v) is 11.4. The maximum Gasteiger partial charge on any atom is 0.160 e. The van der Waals surface area contributed by atoms with E-state index in [1.807, 2.05) is 56.8 Å². The van der Waals surface area contributed by atoms with Gasteiger partial charge in [0.05, 0.1) is 0 Å². The molecule has 0 amide bonds. The summed E-state index contributed by atoms with van der Waals surface area (Å²) in [4.78, 5) is 24.0. The molecule has 0 saturated carbocycles. The predicted molar refractivity (Wildman–Crippen MR) is 68.8 cm³/mol. The molecule has 0 aliphatic carbocycles. The van der Waals surface area contributed by atoms with Gasteiger partial charge in [-0.25, -0.2) is 0 Å². The van der Waals surface area contributed by atoms with Crippen molar-refractivity contribution in [2.24, 2.45) is 11.5 Å². The Labute approximate surface area is 117 Å². The summed E-state index contributed by atoms with van der Waals surface area (Å²) in [6.07, 6.45) is 0. The monoisotopic (exact) mass is 296 g/mol. The summed E-state index contributed by atoms with van der Waals surface area (Å²) in [6.45, 7) is 6.00. The quantitative estimate of drug-likeness (QED) is 0.668. The fourth-order valence-corrected chi connectivity index (χ4v) is 0.385. The molecule has 0 aromatic heterocycles. The van der Waals surface area contributed by atoms with Crippen LogP contribution in [0.3, 0.4) is 0 Å². The molecule has 0 bridgehead atoms. The Morgan fingerprint density at radius 3 is 0.824 bits per heavy atom. The van der Waals surface area contributed by atoms with E-state index < -0.39 is 0 Å². The Balaban J connectivity index is -0.0000000390. The van der Waals surface area contributed by atoms with Gasteiger partial charge in [0.2, 0.25) is 0 Å². The van der Waals surface area contributed by atoms with Crippen molar-refractivity contribution in [3.05, 3.63) is 36.4 Å². The first kappa shape index (κ1) is 29.5. The van der Waals surface area contributed by atoms with Gasteiger partial charge < -0.3 is 25.9 Å². The average Bonchev–Trinajstić information content (AvgIpc) is 2.38. The van der Waals surface area contributed by atoms with Gasteiger partial charge in [0.15, 0.2) is 5.11 Å². The van der Waals surface area contributed by atoms with Crippen molar-refractivity contribution in [3.8, 4) is 0 Å². The SMILES string of the molecule is C=O.C=O.C=O.NC(N)=S.[Cr].c1ccccc1. The normalized spacial score (nSPS) is 4.94.